The molecule has 1 saturated heterocycles. The number of hydrogen-bond donors (Lipinski definition) is 0. The molecule has 106 valence electrons. The molecule has 1 aliphatic rings. The number of likely N-dealkylation sites (N-methyl/N-ethyl adjacent to an activating group) is 1. The van der Waals surface area contributed by atoms with Gasteiger partial charge in [0, 0.05) is 31.9 Å². The Hall–Kier alpha value is -1.23. The molecule has 0 aromatic heterocycles. The van der Waals surface area contributed by atoms with Gasteiger partial charge >= 0.3 is 6.18 Å². The van der Waals surface area contributed by atoms with Crippen LogP contribution in [0, 0.1) is 0 Å². The molecule has 0 bridgehead atoms. The van der Waals surface area contributed by atoms with Crippen LogP contribution >= 0.6 is 0 Å². The zero-order valence-corrected chi connectivity index (χ0v) is 11.2. The van der Waals surface area contributed by atoms with Gasteiger partial charge in [-0.15, -0.1) is 0 Å². The Morgan fingerprint density at radius 2 is 1.74 bits per heavy atom. The van der Waals surface area contributed by atoms with Gasteiger partial charge in [0.25, 0.3) is 0 Å². The monoisotopic (exact) mass is 272 g/mol. The van der Waals surface area contributed by atoms with E-state index in [1.165, 1.54) is 6.92 Å². The topological polar surface area (TPSA) is 6.48 Å². The number of anilines is 1. The minimum atomic E-state index is -4.18. The summed E-state index contributed by atoms with van der Waals surface area (Å²) >= 11 is 0. The maximum absolute atomic E-state index is 12.7. The Labute approximate surface area is 111 Å². The Balaban J connectivity index is 2.15. The lowest BCUT2D eigenvalue weighted by Gasteiger charge is -2.34. The van der Waals surface area contributed by atoms with Gasteiger partial charge in [-0.05, 0) is 31.7 Å². The van der Waals surface area contributed by atoms with Crippen molar-refractivity contribution in [3.63, 3.8) is 0 Å². The number of halogens is 3. The number of piperazine rings is 1. The van der Waals surface area contributed by atoms with Crippen molar-refractivity contribution in [2.24, 2.45) is 0 Å². The molecule has 1 atom stereocenters. The molecule has 1 heterocycles. The third-order valence-corrected chi connectivity index (χ3v) is 3.73. The molecule has 1 aliphatic heterocycles. The molecule has 0 saturated carbocycles. The van der Waals surface area contributed by atoms with E-state index in [0.29, 0.717) is 5.56 Å². The summed E-state index contributed by atoms with van der Waals surface area (Å²) in [6.45, 7) is 4.82. The van der Waals surface area contributed by atoms with Crippen molar-refractivity contribution in [2.45, 2.75) is 19.0 Å². The molecular formula is C14H19F3N2. The van der Waals surface area contributed by atoms with Crippen LogP contribution in [0.4, 0.5) is 18.9 Å². The number of hydrogen-bond acceptors (Lipinski definition) is 2. The summed E-state index contributed by atoms with van der Waals surface area (Å²) in [4.78, 5) is 4.37. The lowest BCUT2D eigenvalue weighted by Crippen LogP contribution is -2.44. The van der Waals surface area contributed by atoms with Gasteiger partial charge in [0.1, 0.15) is 0 Å². The molecular weight excluding hydrogens is 253 g/mol. The Morgan fingerprint density at radius 1 is 1.11 bits per heavy atom. The minimum Gasteiger partial charge on any atom is -0.369 e. The zero-order chi connectivity index (χ0) is 14.0. The van der Waals surface area contributed by atoms with E-state index in [1.54, 1.807) is 18.2 Å². The van der Waals surface area contributed by atoms with E-state index in [2.05, 4.69) is 16.8 Å². The Morgan fingerprint density at radius 3 is 2.32 bits per heavy atom. The number of benzene rings is 1. The average Bonchev–Trinajstić information content (AvgIpc) is 2.38. The summed E-state index contributed by atoms with van der Waals surface area (Å²) in [6.07, 6.45) is -4.18. The van der Waals surface area contributed by atoms with Gasteiger partial charge in [-0.3, -0.25) is 0 Å². The zero-order valence-electron chi connectivity index (χ0n) is 11.2. The predicted octanol–water partition coefficient (Wildman–Crippen LogP) is 3.10. The summed E-state index contributed by atoms with van der Waals surface area (Å²) in [5.74, 6) is -1.42. The summed E-state index contributed by atoms with van der Waals surface area (Å²) in [5, 5.41) is 0. The van der Waals surface area contributed by atoms with Crippen molar-refractivity contribution in [3.8, 4) is 0 Å². The smallest absolute Gasteiger partial charge is 0.369 e. The van der Waals surface area contributed by atoms with Crippen LogP contribution in [-0.4, -0.2) is 44.3 Å². The first kappa shape index (κ1) is 14.2. The highest BCUT2D eigenvalue weighted by atomic mass is 19.4. The molecule has 1 fully saturated rings. The molecule has 0 radical (unpaired) electrons. The predicted molar refractivity (Wildman–Crippen MR) is 70.6 cm³/mol. The summed E-state index contributed by atoms with van der Waals surface area (Å²) in [5.41, 5.74) is 1.23. The van der Waals surface area contributed by atoms with Crippen molar-refractivity contribution in [1.82, 2.24) is 4.90 Å². The summed E-state index contributed by atoms with van der Waals surface area (Å²) in [7, 11) is 2.06. The summed E-state index contributed by atoms with van der Waals surface area (Å²) in [6, 6.07) is 6.82. The first-order valence-corrected chi connectivity index (χ1v) is 6.48. The van der Waals surface area contributed by atoms with Crippen LogP contribution < -0.4 is 4.90 Å². The standard InChI is InChI=1S/C14H19F3N2/c1-11(14(15,16)17)12-4-3-5-13(10-12)19-8-6-18(2)7-9-19/h3-5,10-11H,6-9H2,1-2H3. The molecule has 1 aromatic carbocycles. The van der Waals surface area contributed by atoms with Gasteiger partial charge in [0.15, 0.2) is 0 Å². The fourth-order valence-electron chi connectivity index (χ4n) is 2.24. The number of alkyl halides is 3. The van der Waals surface area contributed by atoms with E-state index < -0.39 is 12.1 Å². The fourth-order valence-corrected chi connectivity index (χ4v) is 2.24. The quantitative estimate of drug-likeness (QED) is 0.816. The van der Waals surface area contributed by atoms with E-state index in [4.69, 9.17) is 0 Å². The number of nitrogens with zero attached hydrogens (tertiary/aromatic N) is 2. The van der Waals surface area contributed by atoms with Crippen LogP contribution in [0.2, 0.25) is 0 Å². The third-order valence-electron chi connectivity index (χ3n) is 3.73. The van der Waals surface area contributed by atoms with Crippen molar-refractivity contribution in [2.75, 3.05) is 38.1 Å². The van der Waals surface area contributed by atoms with Gasteiger partial charge in [-0.25, -0.2) is 0 Å². The SMILES string of the molecule is CC(c1cccc(N2CCN(C)CC2)c1)C(F)(F)F. The first-order chi connectivity index (χ1) is 8.88. The molecule has 0 aliphatic carbocycles. The maximum atomic E-state index is 12.7. The van der Waals surface area contributed by atoms with Gasteiger partial charge < -0.3 is 9.80 Å². The molecule has 0 amide bonds. The molecule has 2 rings (SSSR count). The molecule has 19 heavy (non-hydrogen) atoms. The second-order valence-corrected chi connectivity index (χ2v) is 5.15. The van der Waals surface area contributed by atoms with E-state index in [9.17, 15) is 13.2 Å². The Kier molecular flexibility index (Phi) is 4.04. The lowest BCUT2D eigenvalue weighted by molar-refractivity contribution is -0.146. The molecule has 0 N–H and O–H groups in total. The second kappa shape index (κ2) is 5.41. The second-order valence-electron chi connectivity index (χ2n) is 5.15. The third kappa shape index (κ3) is 3.41. The van der Waals surface area contributed by atoms with Crippen LogP contribution in [-0.2, 0) is 0 Å². The highest BCUT2D eigenvalue weighted by molar-refractivity contribution is 5.50. The van der Waals surface area contributed by atoms with Crippen molar-refractivity contribution >= 4 is 5.69 Å². The van der Waals surface area contributed by atoms with E-state index >= 15 is 0 Å². The normalized spacial score (nSPS) is 19.5. The van der Waals surface area contributed by atoms with Crippen LogP contribution in [0.1, 0.15) is 18.4 Å². The van der Waals surface area contributed by atoms with Gasteiger partial charge in [-0.2, -0.15) is 13.2 Å². The Bertz CT molecular complexity index is 423. The van der Waals surface area contributed by atoms with Crippen LogP contribution in [0.5, 0.6) is 0 Å². The summed E-state index contributed by atoms with van der Waals surface area (Å²) < 4.78 is 38.2. The van der Waals surface area contributed by atoms with Gasteiger partial charge in [0.2, 0.25) is 0 Å². The van der Waals surface area contributed by atoms with Gasteiger partial charge in [-0.1, -0.05) is 12.1 Å². The fraction of sp³-hybridized carbons (Fsp3) is 0.571. The first-order valence-electron chi connectivity index (χ1n) is 6.48. The largest absolute Gasteiger partial charge is 0.395 e. The lowest BCUT2D eigenvalue weighted by atomic mass is 10.00. The number of rotatable bonds is 2. The molecule has 1 aromatic rings. The molecule has 1 unspecified atom stereocenters. The van der Waals surface area contributed by atoms with E-state index in [0.717, 1.165) is 31.9 Å². The highest BCUT2D eigenvalue weighted by Gasteiger charge is 2.37. The van der Waals surface area contributed by atoms with Crippen molar-refractivity contribution in [3.05, 3.63) is 29.8 Å². The molecule has 0 spiro atoms. The maximum Gasteiger partial charge on any atom is 0.395 e. The van der Waals surface area contributed by atoms with E-state index in [-0.39, 0.29) is 0 Å². The molecule has 2 nitrogen and oxygen atoms in total. The highest BCUT2D eigenvalue weighted by Crippen LogP contribution is 2.35. The van der Waals surface area contributed by atoms with Crippen molar-refractivity contribution in [1.29, 1.82) is 0 Å². The van der Waals surface area contributed by atoms with Crippen LogP contribution in [0.3, 0.4) is 0 Å². The van der Waals surface area contributed by atoms with Crippen molar-refractivity contribution < 1.29 is 13.2 Å². The minimum absolute atomic E-state index is 0.337. The molecule has 5 heteroatoms. The van der Waals surface area contributed by atoms with Crippen LogP contribution in [0.25, 0.3) is 0 Å². The van der Waals surface area contributed by atoms with Gasteiger partial charge in [0.05, 0.1) is 5.92 Å². The van der Waals surface area contributed by atoms with Crippen LogP contribution in [0.15, 0.2) is 24.3 Å². The van der Waals surface area contributed by atoms with E-state index in [1.807, 2.05) is 6.07 Å². The average molecular weight is 272 g/mol.